The van der Waals surface area contributed by atoms with Gasteiger partial charge in [0.25, 0.3) is 0 Å². The van der Waals surface area contributed by atoms with Gasteiger partial charge in [-0.15, -0.1) is 12.6 Å². The van der Waals surface area contributed by atoms with Crippen molar-refractivity contribution in [2.45, 2.75) is 65.4 Å². The molecule has 0 aliphatic heterocycles. The summed E-state index contributed by atoms with van der Waals surface area (Å²) >= 11 is 3.33. The fourth-order valence-corrected chi connectivity index (χ4v) is 2.36. The van der Waals surface area contributed by atoms with Gasteiger partial charge in [0.2, 0.25) is 0 Å². The van der Waals surface area contributed by atoms with Gasteiger partial charge in [0.1, 0.15) is 6.61 Å². The molecule has 0 aliphatic carbocycles. The molecule has 0 aromatic heterocycles. The molecule has 0 fully saturated rings. The second kappa shape index (κ2) is 32.0. The van der Waals surface area contributed by atoms with Crippen LogP contribution >= 0.6 is 20.5 Å². The van der Waals surface area contributed by atoms with Crippen LogP contribution in [0.3, 0.4) is 0 Å². The Labute approximate surface area is 303 Å². The van der Waals surface area contributed by atoms with E-state index < -0.39 is 39.1 Å². The smallest absolute Gasteiger partial charge is 0.790 e. The van der Waals surface area contributed by atoms with Gasteiger partial charge < -0.3 is 28.3 Å². The van der Waals surface area contributed by atoms with E-state index in [1.54, 1.807) is 6.92 Å². The Bertz CT molecular complexity index is 1240. The predicted octanol–water partition coefficient (Wildman–Crippen LogP) is -2.14. The van der Waals surface area contributed by atoms with Crippen molar-refractivity contribution in [1.82, 2.24) is 0 Å². The second-order valence-electron chi connectivity index (χ2n) is 6.76. The summed E-state index contributed by atoms with van der Waals surface area (Å²) in [7, 11) is -5.30. The van der Waals surface area contributed by atoms with Crippen LogP contribution in [-0.4, -0.2) is 36.4 Å². The molecule has 0 N–H and O–H groups in total. The van der Waals surface area contributed by atoms with Gasteiger partial charge in [0.05, 0.1) is 14.4 Å². The van der Waals surface area contributed by atoms with Crippen molar-refractivity contribution in [2.75, 3.05) is 13.2 Å². The number of thiol groups is 1. The fourth-order valence-electron chi connectivity index (χ4n) is 2.01. The van der Waals surface area contributed by atoms with E-state index in [1.165, 1.54) is 6.92 Å². The molecule has 0 radical (unpaired) electrons. The maximum atomic E-state index is 11.9. The topological polar surface area (TPSA) is 142 Å². The monoisotopic (exact) mass is 626 g/mol. The third-order valence-corrected chi connectivity index (χ3v) is 3.92. The molecular formula is C27H49Na2O9PS. The number of hydrogen-bond donors (Lipinski definition) is 1. The van der Waals surface area contributed by atoms with E-state index in [0.717, 1.165) is 25.7 Å². The van der Waals surface area contributed by atoms with Gasteiger partial charge in [-0.1, -0.05) is 38.5 Å². The molecule has 13 heteroatoms. The Hall–Kier alpha value is -1.57. The van der Waals surface area contributed by atoms with E-state index >= 15 is 0 Å². The molecule has 0 aromatic carbocycles. The zero-order valence-corrected chi connectivity index (χ0v) is 29.1. The van der Waals surface area contributed by atoms with Crippen LogP contribution in [0.5, 0.6) is 0 Å². The summed E-state index contributed by atoms with van der Waals surface area (Å²) in [4.78, 5) is 54.3. The number of phosphoric acid groups is 1. The fraction of sp³-hybridized carbons (Fsp3) is 0.444. The van der Waals surface area contributed by atoms with Crippen LogP contribution in [0, 0.1) is 71.0 Å². The standard InChI is InChI=1S/C25H25O8P.C2H4OS.2Na.11H2/c1-3-5-7-9-10-11-12-13-14-16-17-19-24(26)31-21-23(22-32-34(28,29)30)33-25(27)20-18-15-8-6-4-2;1-2(3)4;;;;;;;;;;;;;/h23H,4,6,8,15,18,20-22H2,1-2H3,(H2,28,29,30);1H3,(H,3,4);;;11*1H/q;;2*+1;;;;;;;;;;;/p-2/t23-;;;;;;;;;;;;;;/m0............../s1. The Morgan fingerprint density at radius 1 is 0.850 bits per heavy atom. The molecule has 0 aliphatic rings. The Morgan fingerprint density at radius 3 is 1.80 bits per heavy atom. The van der Waals surface area contributed by atoms with Crippen LogP contribution in [0.25, 0.3) is 0 Å². The Morgan fingerprint density at radius 2 is 1.32 bits per heavy atom. The number of carbonyl (C=O) groups is 3. The summed E-state index contributed by atoms with van der Waals surface area (Å²) in [5.41, 5.74) is 0. The van der Waals surface area contributed by atoms with E-state index in [-0.39, 0.29) is 86.3 Å². The van der Waals surface area contributed by atoms with E-state index in [0.29, 0.717) is 6.42 Å². The quantitative estimate of drug-likeness (QED) is 0.0489. The predicted molar refractivity (Wildman–Crippen MR) is 163 cm³/mol. The van der Waals surface area contributed by atoms with Crippen molar-refractivity contribution >= 4 is 37.5 Å². The number of rotatable bonds is 12. The summed E-state index contributed by atoms with van der Waals surface area (Å²) in [5.74, 6) is 26.9. The molecule has 1 atom stereocenters. The maximum Gasteiger partial charge on any atom is 1.00 e. The molecule has 0 saturated heterocycles. The van der Waals surface area contributed by atoms with E-state index in [4.69, 9.17) is 9.47 Å². The van der Waals surface area contributed by atoms with Gasteiger partial charge in [0.15, 0.2) is 11.2 Å². The largest absolute Gasteiger partial charge is 1.00 e. The molecule has 0 heterocycles. The molecule has 0 spiro atoms. The van der Waals surface area contributed by atoms with Gasteiger partial charge in [-0.05, 0) is 72.5 Å². The van der Waals surface area contributed by atoms with Crippen LogP contribution in [0.15, 0.2) is 0 Å². The molecule has 224 valence electrons. The number of esters is 2. The normalized spacial score (nSPS) is 8.85. The van der Waals surface area contributed by atoms with Crippen LogP contribution in [0.4, 0.5) is 0 Å². The summed E-state index contributed by atoms with van der Waals surface area (Å²) in [5, 5.41) is -0.139. The van der Waals surface area contributed by atoms with Crippen molar-refractivity contribution in [3.63, 3.8) is 0 Å². The number of ether oxygens (including phenoxy) is 2. The zero-order chi connectivity index (χ0) is 29.1. The summed E-state index contributed by atoms with van der Waals surface area (Å²) in [6.45, 7) is 3.77. The Kier molecular flexibility index (Phi) is 36.3. The molecule has 40 heavy (non-hydrogen) atoms. The van der Waals surface area contributed by atoms with E-state index in [2.05, 4.69) is 95.1 Å². The summed E-state index contributed by atoms with van der Waals surface area (Å²) < 4.78 is 24.7. The summed E-state index contributed by atoms with van der Waals surface area (Å²) in [6.07, 6.45) is 3.33. The van der Waals surface area contributed by atoms with E-state index in [1.807, 2.05) is 0 Å². The maximum absolute atomic E-state index is 11.9. The van der Waals surface area contributed by atoms with Crippen LogP contribution in [0.2, 0.25) is 0 Å². The third kappa shape index (κ3) is 40.9. The number of carbonyl (C=O) groups excluding carboxylic acids is 3. The van der Waals surface area contributed by atoms with Crippen molar-refractivity contribution in [2.24, 2.45) is 0 Å². The number of unbranched alkanes of at least 4 members (excludes halogenated alkanes) is 4. The molecule has 0 rings (SSSR count). The number of hydrogen-bond acceptors (Lipinski definition) is 9. The van der Waals surface area contributed by atoms with Gasteiger partial charge in [-0.3, -0.25) is 9.59 Å². The number of phosphoric ester groups is 1. The molecule has 0 amide bonds. The minimum Gasteiger partial charge on any atom is -0.790 e. The molecule has 0 aromatic rings. The van der Waals surface area contributed by atoms with Crippen molar-refractivity contribution in [1.29, 1.82) is 0 Å². The average Bonchev–Trinajstić information content (AvgIpc) is 2.83. The minimum atomic E-state index is -5.30. The first kappa shape index (κ1) is 45.4. The summed E-state index contributed by atoms with van der Waals surface area (Å²) in [6, 6.07) is 0. The van der Waals surface area contributed by atoms with Crippen molar-refractivity contribution < 1.29 is 118 Å². The van der Waals surface area contributed by atoms with Gasteiger partial charge in [0, 0.05) is 35.0 Å². The minimum absolute atomic E-state index is 0. The molecule has 9 nitrogen and oxygen atoms in total. The van der Waals surface area contributed by atoms with Crippen LogP contribution < -0.4 is 68.9 Å². The first-order valence-corrected chi connectivity index (χ1v) is 13.1. The molecule has 0 saturated carbocycles. The molecular weight excluding hydrogens is 577 g/mol. The molecule has 0 bridgehead atoms. The Balaban J connectivity index is -0.0000000555. The van der Waals surface area contributed by atoms with E-state index in [9.17, 15) is 28.7 Å². The van der Waals surface area contributed by atoms with Crippen LogP contribution in [0.1, 0.15) is 75.0 Å². The SMILES string of the molecule is CC#CC#CC#CC#CC#CC#CC(=O)OC[C@@H](COP(=O)([O-])[O-])OC(=O)CCCCCCC.CC(=O)S.[HH].[HH].[HH].[HH].[HH].[HH].[HH].[HH].[HH].[HH].[HH].[Na+].[Na+]. The second-order valence-corrected chi connectivity index (χ2v) is 8.54. The first-order valence-electron chi connectivity index (χ1n) is 11.2. The third-order valence-electron chi connectivity index (χ3n) is 3.45. The van der Waals surface area contributed by atoms with Gasteiger partial charge >= 0.3 is 71.1 Å². The zero-order valence-electron chi connectivity index (χ0n) is 23.3. The van der Waals surface area contributed by atoms with Crippen molar-refractivity contribution in [3.8, 4) is 71.0 Å². The first-order chi connectivity index (χ1) is 18.0. The molecule has 0 unspecified atom stereocenters. The van der Waals surface area contributed by atoms with Crippen molar-refractivity contribution in [3.05, 3.63) is 0 Å². The van der Waals surface area contributed by atoms with Gasteiger partial charge in [-0.25, -0.2) is 4.79 Å². The van der Waals surface area contributed by atoms with Gasteiger partial charge in [-0.2, -0.15) is 0 Å². The van der Waals surface area contributed by atoms with Crippen LogP contribution in [-0.2, 0) is 32.9 Å². The average molecular weight is 627 g/mol.